The minimum atomic E-state index is -0.103. The Hall–Kier alpha value is -0.490. The molecule has 19 heavy (non-hydrogen) atoms. The van der Waals surface area contributed by atoms with Gasteiger partial charge in [-0.05, 0) is 25.1 Å². The number of nitrogens with zero attached hydrogens (tertiary/aromatic N) is 1. The van der Waals surface area contributed by atoms with Gasteiger partial charge >= 0.3 is 6.03 Å². The highest BCUT2D eigenvalue weighted by atomic mass is 79.9. The van der Waals surface area contributed by atoms with Crippen molar-refractivity contribution in [2.24, 2.45) is 0 Å². The summed E-state index contributed by atoms with van der Waals surface area (Å²) in [6.45, 7) is 4.38. The standard InChI is InChI=1S/C12H15BrClN3O.ClH/c1-8-7-15-4-5-17(8)12(18)16-11-3-2-9(13)6-10(11)14;/h2-3,6,8,15H,4-5,7H2,1H3,(H,16,18);1H/t8-;/m1./s1. The first kappa shape index (κ1) is 16.6. The lowest BCUT2D eigenvalue weighted by molar-refractivity contribution is 0.177. The van der Waals surface area contributed by atoms with Crippen LogP contribution in [0.1, 0.15) is 6.92 Å². The van der Waals surface area contributed by atoms with Gasteiger partial charge in [0.2, 0.25) is 0 Å². The molecule has 0 bridgehead atoms. The van der Waals surface area contributed by atoms with Crippen molar-refractivity contribution in [2.75, 3.05) is 25.0 Å². The molecule has 1 aromatic rings. The number of hydrogen-bond donors (Lipinski definition) is 2. The van der Waals surface area contributed by atoms with E-state index in [9.17, 15) is 4.79 Å². The van der Waals surface area contributed by atoms with E-state index in [1.807, 2.05) is 17.9 Å². The fourth-order valence-corrected chi connectivity index (χ4v) is 2.64. The Morgan fingerprint density at radius 3 is 2.95 bits per heavy atom. The highest BCUT2D eigenvalue weighted by molar-refractivity contribution is 9.10. The van der Waals surface area contributed by atoms with Crippen LogP contribution in [0.25, 0.3) is 0 Å². The largest absolute Gasteiger partial charge is 0.322 e. The molecular formula is C12H16BrCl2N3O. The molecule has 1 aromatic carbocycles. The van der Waals surface area contributed by atoms with E-state index in [0.29, 0.717) is 17.3 Å². The lowest BCUT2D eigenvalue weighted by Gasteiger charge is -2.33. The molecule has 1 atom stereocenters. The monoisotopic (exact) mass is 367 g/mol. The van der Waals surface area contributed by atoms with E-state index in [1.54, 1.807) is 12.1 Å². The number of hydrogen-bond acceptors (Lipinski definition) is 2. The molecule has 106 valence electrons. The molecule has 2 N–H and O–H groups in total. The van der Waals surface area contributed by atoms with Crippen molar-refractivity contribution < 1.29 is 4.79 Å². The Morgan fingerprint density at radius 2 is 2.32 bits per heavy atom. The predicted octanol–water partition coefficient (Wildman–Crippen LogP) is 3.35. The third-order valence-corrected chi connectivity index (χ3v) is 3.74. The lowest BCUT2D eigenvalue weighted by Crippen LogP contribution is -2.53. The van der Waals surface area contributed by atoms with Crippen LogP contribution in [-0.2, 0) is 0 Å². The Morgan fingerprint density at radius 1 is 1.58 bits per heavy atom. The molecule has 1 fully saturated rings. The van der Waals surface area contributed by atoms with E-state index in [0.717, 1.165) is 17.6 Å². The van der Waals surface area contributed by atoms with Crippen molar-refractivity contribution in [1.82, 2.24) is 10.2 Å². The van der Waals surface area contributed by atoms with Crippen LogP contribution in [0.15, 0.2) is 22.7 Å². The maximum absolute atomic E-state index is 12.1. The third kappa shape index (κ3) is 4.24. The molecule has 0 unspecified atom stereocenters. The first-order valence-electron chi connectivity index (χ1n) is 5.81. The number of rotatable bonds is 1. The van der Waals surface area contributed by atoms with Crippen molar-refractivity contribution in [2.45, 2.75) is 13.0 Å². The minimum Gasteiger partial charge on any atom is -0.319 e. The zero-order valence-electron chi connectivity index (χ0n) is 10.5. The minimum absolute atomic E-state index is 0. The topological polar surface area (TPSA) is 44.4 Å². The Labute approximate surface area is 132 Å². The fraction of sp³-hybridized carbons (Fsp3) is 0.417. The molecule has 0 aliphatic carbocycles. The van der Waals surface area contributed by atoms with Crippen molar-refractivity contribution >= 4 is 51.7 Å². The van der Waals surface area contributed by atoms with Gasteiger partial charge in [-0.15, -0.1) is 12.4 Å². The van der Waals surface area contributed by atoms with Crippen molar-refractivity contribution in [3.63, 3.8) is 0 Å². The van der Waals surface area contributed by atoms with Crippen molar-refractivity contribution in [3.05, 3.63) is 27.7 Å². The van der Waals surface area contributed by atoms with Gasteiger partial charge in [0, 0.05) is 30.1 Å². The van der Waals surface area contributed by atoms with Crippen LogP contribution in [-0.4, -0.2) is 36.6 Å². The van der Waals surface area contributed by atoms with Gasteiger partial charge in [0.25, 0.3) is 0 Å². The molecule has 0 aromatic heterocycles. The van der Waals surface area contributed by atoms with Crippen LogP contribution in [0.2, 0.25) is 5.02 Å². The van der Waals surface area contributed by atoms with Gasteiger partial charge < -0.3 is 15.5 Å². The smallest absolute Gasteiger partial charge is 0.319 e. The van der Waals surface area contributed by atoms with Crippen LogP contribution in [0.5, 0.6) is 0 Å². The molecule has 2 amide bonds. The first-order chi connectivity index (χ1) is 8.58. The summed E-state index contributed by atoms with van der Waals surface area (Å²) in [7, 11) is 0. The molecule has 7 heteroatoms. The quantitative estimate of drug-likeness (QED) is 0.798. The van der Waals surface area contributed by atoms with Crippen LogP contribution in [0.3, 0.4) is 0 Å². The van der Waals surface area contributed by atoms with E-state index < -0.39 is 0 Å². The highest BCUT2D eigenvalue weighted by Crippen LogP contribution is 2.26. The molecule has 0 spiro atoms. The van der Waals surface area contributed by atoms with Gasteiger partial charge in [-0.1, -0.05) is 27.5 Å². The summed E-state index contributed by atoms with van der Waals surface area (Å²) in [5.74, 6) is 0. The maximum Gasteiger partial charge on any atom is 0.322 e. The Kier molecular flexibility index (Phi) is 6.39. The van der Waals surface area contributed by atoms with Crippen LogP contribution < -0.4 is 10.6 Å². The molecule has 1 aliphatic heterocycles. The average molecular weight is 369 g/mol. The van der Waals surface area contributed by atoms with Crippen LogP contribution >= 0.6 is 39.9 Å². The average Bonchev–Trinajstić information content (AvgIpc) is 2.33. The molecule has 1 aliphatic rings. The van der Waals surface area contributed by atoms with E-state index in [1.165, 1.54) is 0 Å². The van der Waals surface area contributed by atoms with E-state index in [4.69, 9.17) is 11.6 Å². The number of halogens is 3. The highest BCUT2D eigenvalue weighted by Gasteiger charge is 2.23. The Balaban J connectivity index is 0.00000180. The number of piperazine rings is 1. The predicted molar refractivity (Wildman–Crippen MR) is 84.5 cm³/mol. The number of nitrogens with one attached hydrogen (secondary N) is 2. The van der Waals surface area contributed by atoms with Crippen molar-refractivity contribution in [1.29, 1.82) is 0 Å². The zero-order chi connectivity index (χ0) is 13.1. The SMILES string of the molecule is C[C@@H]1CNCCN1C(=O)Nc1ccc(Br)cc1Cl.Cl. The second-order valence-corrected chi connectivity index (χ2v) is 5.62. The number of carbonyl (C=O) groups is 1. The van der Waals surface area contributed by atoms with E-state index in [-0.39, 0.29) is 24.5 Å². The number of amides is 2. The normalized spacial score (nSPS) is 18.7. The van der Waals surface area contributed by atoms with E-state index in [2.05, 4.69) is 26.6 Å². The summed E-state index contributed by atoms with van der Waals surface area (Å²) >= 11 is 9.41. The molecule has 1 heterocycles. The van der Waals surface area contributed by atoms with Gasteiger partial charge in [-0.2, -0.15) is 0 Å². The number of carbonyl (C=O) groups excluding carboxylic acids is 1. The molecule has 0 radical (unpaired) electrons. The van der Waals surface area contributed by atoms with Gasteiger partial charge in [0.05, 0.1) is 10.7 Å². The zero-order valence-corrected chi connectivity index (χ0v) is 13.6. The molecule has 1 saturated heterocycles. The second-order valence-electron chi connectivity index (χ2n) is 4.30. The molecular weight excluding hydrogens is 353 g/mol. The molecule has 0 saturated carbocycles. The van der Waals surface area contributed by atoms with Gasteiger partial charge in [-0.3, -0.25) is 0 Å². The van der Waals surface area contributed by atoms with Crippen molar-refractivity contribution in [3.8, 4) is 0 Å². The molecule has 4 nitrogen and oxygen atoms in total. The van der Waals surface area contributed by atoms with E-state index >= 15 is 0 Å². The Bertz CT molecular complexity index is 459. The summed E-state index contributed by atoms with van der Waals surface area (Å²) < 4.78 is 0.890. The summed E-state index contributed by atoms with van der Waals surface area (Å²) in [4.78, 5) is 13.9. The fourth-order valence-electron chi connectivity index (χ4n) is 1.92. The summed E-state index contributed by atoms with van der Waals surface area (Å²) in [6, 6.07) is 5.49. The first-order valence-corrected chi connectivity index (χ1v) is 6.98. The van der Waals surface area contributed by atoms with Crippen LogP contribution in [0, 0.1) is 0 Å². The summed E-state index contributed by atoms with van der Waals surface area (Å²) in [6.07, 6.45) is 0. The third-order valence-electron chi connectivity index (χ3n) is 2.93. The number of benzene rings is 1. The second kappa shape index (κ2) is 7.33. The number of urea groups is 1. The molecule has 2 rings (SSSR count). The lowest BCUT2D eigenvalue weighted by atomic mass is 10.2. The summed E-state index contributed by atoms with van der Waals surface area (Å²) in [5, 5.41) is 6.62. The van der Waals surface area contributed by atoms with Crippen LogP contribution in [0.4, 0.5) is 10.5 Å². The number of anilines is 1. The summed E-state index contributed by atoms with van der Waals surface area (Å²) in [5.41, 5.74) is 0.635. The maximum atomic E-state index is 12.1. The van der Waals surface area contributed by atoms with Gasteiger partial charge in [0.1, 0.15) is 0 Å². The van der Waals surface area contributed by atoms with Gasteiger partial charge in [0.15, 0.2) is 0 Å². The van der Waals surface area contributed by atoms with Gasteiger partial charge in [-0.25, -0.2) is 4.79 Å².